The fourth-order valence-corrected chi connectivity index (χ4v) is 5.64. The molecule has 0 spiro atoms. The van der Waals surface area contributed by atoms with Crippen LogP contribution in [0.4, 0.5) is 18.0 Å². The molecule has 0 aromatic heterocycles. The third kappa shape index (κ3) is 8.35. The number of hydrogen-bond acceptors (Lipinski definition) is 4. The third-order valence-corrected chi connectivity index (χ3v) is 7.49. The quantitative estimate of drug-likeness (QED) is 0.382. The van der Waals surface area contributed by atoms with Crippen LogP contribution in [0.2, 0.25) is 0 Å². The molecule has 0 bridgehead atoms. The van der Waals surface area contributed by atoms with Crippen molar-refractivity contribution < 1.29 is 27.4 Å². The fourth-order valence-electron chi connectivity index (χ4n) is 5.64. The molecule has 1 aliphatic carbocycles. The highest BCUT2D eigenvalue weighted by molar-refractivity contribution is 5.74. The minimum atomic E-state index is -4.48. The Morgan fingerprint density at radius 1 is 1.14 bits per heavy atom. The first-order valence-electron chi connectivity index (χ1n) is 13.4. The number of hydrogen-bond donors (Lipinski definition) is 2. The normalized spacial score (nSPS) is 21.2. The molecular weight excluding hydrogens is 471 g/mol. The molecule has 0 unspecified atom stereocenters. The fraction of sp³-hybridized carbons (Fsp3) is 0.741. The van der Waals surface area contributed by atoms with E-state index in [0.29, 0.717) is 51.4 Å². The molecular formula is C27H42F3N3O3. The average molecular weight is 514 g/mol. The number of methoxy groups -OCH3 is 1. The van der Waals surface area contributed by atoms with E-state index < -0.39 is 17.8 Å². The van der Waals surface area contributed by atoms with Crippen molar-refractivity contribution in [3.8, 4) is 0 Å². The van der Waals surface area contributed by atoms with Gasteiger partial charge in [-0.05, 0) is 43.2 Å². The lowest BCUT2D eigenvalue weighted by molar-refractivity contribution is -0.140. The molecule has 2 amide bonds. The largest absolute Gasteiger partial charge is 0.416 e. The Morgan fingerprint density at radius 2 is 1.89 bits per heavy atom. The number of halogens is 3. The lowest BCUT2D eigenvalue weighted by atomic mass is 9.85. The topological polar surface area (TPSA) is 76.8 Å². The van der Waals surface area contributed by atoms with Crippen LogP contribution in [0, 0.1) is 11.8 Å². The van der Waals surface area contributed by atoms with E-state index in [9.17, 15) is 18.0 Å². The summed E-state index contributed by atoms with van der Waals surface area (Å²) in [6.45, 7) is 2.04. The third-order valence-electron chi connectivity index (χ3n) is 7.49. The number of ether oxygens (including phenoxy) is 2. The minimum Gasteiger partial charge on any atom is -0.385 e. The first-order valence-corrected chi connectivity index (χ1v) is 13.4. The Bertz CT molecular complexity index is 802. The lowest BCUT2D eigenvalue weighted by Crippen LogP contribution is -2.51. The number of urea groups is 1. The zero-order chi connectivity index (χ0) is 26.0. The lowest BCUT2D eigenvalue weighted by Gasteiger charge is -2.38. The van der Waals surface area contributed by atoms with Gasteiger partial charge in [-0.1, -0.05) is 50.3 Å². The Labute approximate surface area is 213 Å². The monoisotopic (exact) mass is 513 g/mol. The summed E-state index contributed by atoms with van der Waals surface area (Å²) in [6, 6.07) is 5.33. The van der Waals surface area contributed by atoms with Gasteiger partial charge in [0.2, 0.25) is 0 Å². The highest BCUT2D eigenvalue weighted by Gasteiger charge is 2.39. The summed E-state index contributed by atoms with van der Waals surface area (Å²) in [7, 11) is 1.58. The van der Waals surface area contributed by atoms with Crippen molar-refractivity contribution in [2.75, 3.05) is 40.0 Å². The van der Waals surface area contributed by atoms with Crippen molar-refractivity contribution in [3.63, 3.8) is 0 Å². The van der Waals surface area contributed by atoms with E-state index in [1.54, 1.807) is 18.1 Å². The molecule has 2 aliphatic rings. The van der Waals surface area contributed by atoms with Gasteiger partial charge in [-0.25, -0.2) is 4.79 Å². The average Bonchev–Trinajstić information content (AvgIpc) is 2.88. The molecule has 3 atom stereocenters. The van der Waals surface area contributed by atoms with Gasteiger partial charge in [-0.15, -0.1) is 0 Å². The number of rotatable bonds is 11. The van der Waals surface area contributed by atoms with E-state index in [-0.39, 0.29) is 30.2 Å². The second-order valence-corrected chi connectivity index (χ2v) is 10.2. The van der Waals surface area contributed by atoms with E-state index in [4.69, 9.17) is 15.2 Å². The molecule has 36 heavy (non-hydrogen) atoms. The van der Waals surface area contributed by atoms with Crippen molar-refractivity contribution in [1.29, 1.82) is 0 Å². The molecule has 1 aromatic rings. The van der Waals surface area contributed by atoms with Crippen molar-refractivity contribution in [1.82, 2.24) is 10.2 Å². The predicted molar refractivity (Wildman–Crippen MR) is 133 cm³/mol. The van der Waals surface area contributed by atoms with Crippen LogP contribution in [0.15, 0.2) is 24.3 Å². The summed E-state index contributed by atoms with van der Waals surface area (Å²) < 4.78 is 52.7. The molecule has 1 saturated heterocycles. The van der Waals surface area contributed by atoms with Gasteiger partial charge in [0.1, 0.15) is 0 Å². The summed E-state index contributed by atoms with van der Waals surface area (Å²) in [6.07, 6.45) is 3.71. The van der Waals surface area contributed by atoms with Crippen molar-refractivity contribution in [2.45, 2.75) is 76.1 Å². The molecule has 3 rings (SSSR count). The first kappa shape index (κ1) is 28.7. The van der Waals surface area contributed by atoms with Gasteiger partial charge in [0.25, 0.3) is 0 Å². The van der Waals surface area contributed by atoms with Crippen LogP contribution in [0.25, 0.3) is 0 Å². The van der Waals surface area contributed by atoms with Crippen LogP contribution < -0.4 is 11.1 Å². The number of amides is 2. The maximum absolute atomic E-state index is 13.8. The Hall–Kier alpha value is -1.84. The van der Waals surface area contributed by atoms with Crippen LogP contribution in [-0.4, -0.2) is 56.9 Å². The maximum atomic E-state index is 13.8. The predicted octanol–water partition coefficient (Wildman–Crippen LogP) is 5.52. The summed E-state index contributed by atoms with van der Waals surface area (Å²) in [5, 5.41) is 3.10. The standard InChI is InChI=1S/C27H42F3N3O3/c1-35-15-8-16-36-25(23-12-5-6-13-24(23)27(28,29)30)21-11-7-14-33(19-21)26(34)32-22(18-31)17-20-9-3-2-4-10-20/h5-6,12-13,20-22,25H,2-4,7-11,14-19,31H2,1H3,(H,32,34)/t21-,22+,25-/m1/s1. The second-order valence-electron chi connectivity index (χ2n) is 10.2. The zero-order valence-corrected chi connectivity index (χ0v) is 21.4. The Balaban J connectivity index is 1.70. The van der Waals surface area contributed by atoms with Gasteiger partial charge < -0.3 is 25.4 Å². The number of nitrogens with two attached hydrogens (primary N) is 1. The number of likely N-dealkylation sites (tertiary alicyclic amines) is 1. The van der Waals surface area contributed by atoms with E-state index in [0.717, 1.165) is 12.5 Å². The molecule has 0 radical (unpaired) electrons. The van der Waals surface area contributed by atoms with Crippen LogP contribution in [0.5, 0.6) is 0 Å². The molecule has 1 aromatic carbocycles. The Kier molecular flexibility index (Phi) is 11.3. The van der Waals surface area contributed by atoms with Crippen molar-refractivity contribution >= 4 is 6.03 Å². The summed E-state index contributed by atoms with van der Waals surface area (Å²) in [5.74, 6) is 0.343. The molecule has 1 aliphatic heterocycles. The SMILES string of the molecule is COCCCO[C@@H](c1ccccc1C(F)(F)F)[C@@H]1CCCN(C(=O)N[C@H](CN)CC2CCCCC2)C1. The number of benzene rings is 1. The van der Waals surface area contributed by atoms with Crippen molar-refractivity contribution in [3.05, 3.63) is 35.4 Å². The van der Waals surface area contributed by atoms with Gasteiger partial charge in [0, 0.05) is 51.9 Å². The highest BCUT2D eigenvalue weighted by Crippen LogP contribution is 2.40. The number of piperidine rings is 1. The van der Waals surface area contributed by atoms with E-state index in [1.165, 1.54) is 44.2 Å². The smallest absolute Gasteiger partial charge is 0.385 e. The van der Waals surface area contributed by atoms with E-state index in [2.05, 4.69) is 5.32 Å². The van der Waals surface area contributed by atoms with E-state index >= 15 is 0 Å². The number of carbonyl (C=O) groups excluding carboxylic acids is 1. The van der Waals surface area contributed by atoms with E-state index in [1.807, 2.05) is 0 Å². The van der Waals surface area contributed by atoms with Crippen molar-refractivity contribution in [2.24, 2.45) is 17.6 Å². The molecule has 1 heterocycles. The van der Waals surface area contributed by atoms with Gasteiger partial charge in [-0.2, -0.15) is 13.2 Å². The number of carbonyl (C=O) groups is 1. The molecule has 6 nitrogen and oxygen atoms in total. The first-order chi connectivity index (χ1) is 17.3. The van der Waals surface area contributed by atoms with Gasteiger partial charge in [0.05, 0.1) is 11.7 Å². The van der Waals surface area contributed by atoms with Gasteiger partial charge in [0.15, 0.2) is 0 Å². The maximum Gasteiger partial charge on any atom is 0.416 e. The molecule has 9 heteroatoms. The number of alkyl halides is 3. The molecule has 1 saturated carbocycles. The van der Waals surface area contributed by atoms with Crippen LogP contribution in [0.3, 0.4) is 0 Å². The minimum absolute atomic E-state index is 0.0898. The molecule has 3 N–H and O–H groups in total. The van der Waals surface area contributed by atoms with Crippen LogP contribution in [-0.2, 0) is 15.7 Å². The highest BCUT2D eigenvalue weighted by atomic mass is 19.4. The molecule has 2 fully saturated rings. The number of nitrogens with zero attached hydrogens (tertiary/aromatic N) is 1. The summed E-state index contributed by atoms with van der Waals surface area (Å²) in [5.41, 5.74) is 5.44. The molecule has 204 valence electrons. The summed E-state index contributed by atoms with van der Waals surface area (Å²) in [4.78, 5) is 14.9. The van der Waals surface area contributed by atoms with Crippen LogP contribution in [0.1, 0.15) is 75.0 Å². The number of nitrogens with one attached hydrogen (secondary N) is 1. The zero-order valence-electron chi connectivity index (χ0n) is 21.4. The van der Waals surface area contributed by atoms with Crippen LogP contribution >= 0.6 is 0 Å². The van der Waals surface area contributed by atoms with Gasteiger partial charge >= 0.3 is 12.2 Å². The van der Waals surface area contributed by atoms with Gasteiger partial charge in [-0.3, -0.25) is 0 Å². The Morgan fingerprint density at radius 3 is 2.58 bits per heavy atom. The second kappa shape index (κ2) is 14.2. The summed E-state index contributed by atoms with van der Waals surface area (Å²) >= 11 is 0.